The summed E-state index contributed by atoms with van der Waals surface area (Å²) in [7, 11) is 1.61. The predicted molar refractivity (Wildman–Crippen MR) is 71.9 cm³/mol. The number of hydrogen-bond acceptors (Lipinski definition) is 3. The zero-order chi connectivity index (χ0) is 13.2. The van der Waals surface area contributed by atoms with Gasteiger partial charge in [-0.1, -0.05) is 24.3 Å². The molecule has 1 amide bonds. The maximum absolute atomic E-state index is 11.4. The summed E-state index contributed by atoms with van der Waals surface area (Å²) in [4.78, 5) is 11.4. The Hall–Kier alpha value is -2.36. The van der Waals surface area contributed by atoms with Gasteiger partial charge in [-0.05, 0) is 23.8 Å². The lowest BCUT2D eigenvalue weighted by Crippen LogP contribution is -2.20. The van der Waals surface area contributed by atoms with Gasteiger partial charge in [0.25, 0.3) is 0 Å². The number of benzene rings is 1. The summed E-state index contributed by atoms with van der Waals surface area (Å²) in [6.07, 6.45) is 7.32. The number of carbonyl (C=O) groups excluding carboxylic acids is 1. The molecule has 1 aromatic carbocycles. The summed E-state index contributed by atoms with van der Waals surface area (Å²) in [5, 5.41) is 9.51. The highest BCUT2D eigenvalue weighted by Gasteiger charge is 1.96. The van der Waals surface area contributed by atoms with Crippen LogP contribution in [-0.2, 0) is 11.3 Å². The molecule has 2 N–H and O–H groups in total. The molecule has 0 atom stereocenters. The lowest BCUT2D eigenvalue weighted by Gasteiger charge is -2.04. The van der Waals surface area contributed by atoms with Crippen molar-refractivity contribution < 1.29 is 9.53 Å². The first kappa shape index (κ1) is 13.7. The van der Waals surface area contributed by atoms with E-state index in [1.54, 1.807) is 19.3 Å². The number of hydrogen-bond donors (Lipinski definition) is 2. The molecule has 4 nitrogen and oxygen atoms in total. The molecule has 0 aliphatic heterocycles. The summed E-state index contributed by atoms with van der Waals surface area (Å²) < 4.78 is 5.05. The first-order chi connectivity index (χ1) is 8.76. The molecule has 0 heterocycles. The average Bonchev–Trinajstić information content (AvgIpc) is 2.42. The molecule has 1 rings (SSSR count). The van der Waals surface area contributed by atoms with Crippen LogP contribution in [0.1, 0.15) is 5.56 Å². The molecule has 0 aliphatic rings. The zero-order valence-electron chi connectivity index (χ0n) is 10.2. The van der Waals surface area contributed by atoms with Gasteiger partial charge in [-0.15, -0.1) is 0 Å². The van der Waals surface area contributed by atoms with Crippen LogP contribution >= 0.6 is 0 Å². The highest BCUT2D eigenvalue weighted by molar-refractivity contribution is 5.87. The number of ether oxygens (including phenoxy) is 1. The van der Waals surface area contributed by atoms with E-state index in [1.807, 2.05) is 24.3 Å². The SMILES string of the molecule is COc1ccc(CNC(=O)/C=C/C=C\C=N)cc1. The topological polar surface area (TPSA) is 62.2 Å². The van der Waals surface area contributed by atoms with Crippen LogP contribution in [0.5, 0.6) is 5.75 Å². The van der Waals surface area contributed by atoms with Crippen LogP contribution < -0.4 is 10.1 Å². The third-order valence-electron chi connectivity index (χ3n) is 2.19. The van der Waals surface area contributed by atoms with Gasteiger partial charge in [-0.2, -0.15) is 0 Å². The van der Waals surface area contributed by atoms with Gasteiger partial charge in [-0.25, -0.2) is 0 Å². The minimum atomic E-state index is -0.166. The number of amides is 1. The second-order valence-corrected chi connectivity index (χ2v) is 3.48. The van der Waals surface area contributed by atoms with Crippen LogP contribution in [0.4, 0.5) is 0 Å². The standard InChI is InChI=1S/C14H16N2O2/c1-18-13-8-6-12(7-9-13)11-16-14(17)5-3-2-4-10-15/h2-10,15H,11H2,1H3,(H,16,17)/b4-2-,5-3+,15-10?. The highest BCUT2D eigenvalue weighted by atomic mass is 16.5. The Morgan fingerprint density at radius 3 is 2.61 bits per heavy atom. The smallest absolute Gasteiger partial charge is 0.244 e. The van der Waals surface area contributed by atoms with Gasteiger partial charge in [0.05, 0.1) is 7.11 Å². The van der Waals surface area contributed by atoms with Crippen LogP contribution in [0.15, 0.2) is 48.6 Å². The van der Waals surface area contributed by atoms with Crippen LogP contribution in [-0.4, -0.2) is 19.2 Å². The molecule has 1 aromatic rings. The molecule has 0 spiro atoms. The molecule has 0 aliphatic carbocycles. The predicted octanol–water partition coefficient (Wildman–Crippen LogP) is 2.07. The Kier molecular flexibility index (Phi) is 5.97. The summed E-state index contributed by atoms with van der Waals surface area (Å²) in [5.74, 6) is 0.627. The third kappa shape index (κ3) is 5.12. The molecule has 0 bridgehead atoms. The second kappa shape index (κ2) is 7.84. The Balaban J connectivity index is 2.39. The van der Waals surface area contributed by atoms with Gasteiger partial charge >= 0.3 is 0 Å². The minimum absolute atomic E-state index is 0.166. The molecule has 18 heavy (non-hydrogen) atoms. The first-order valence-corrected chi connectivity index (χ1v) is 5.51. The molecule has 0 saturated heterocycles. The van der Waals surface area contributed by atoms with Crippen molar-refractivity contribution in [2.45, 2.75) is 6.54 Å². The fourth-order valence-corrected chi connectivity index (χ4v) is 1.25. The average molecular weight is 244 g/mol. The number of carbonyl (C=O) groups is 1. The monoisotopic (exact) mass is 244 g/mol. The molecule has 0 unspecified atom stereocenters. The van der Waals surface area contributed by atoms with E-state index in [9.17, 15) is 4.79 Å². The first-order valence-electron chi connectivity index (χ1n) is 5.51. The maximum atomic E-state index is 11.4. The van der Waals surface area contributed by atoms with Crippen LogP contribution in [0.25, 0.3) is 0 Å². The van der Waals surface area contributed by atoms with Crippen molar-refractivity contribution >= 4 is 12.1 Å². The van der Waals surface area contributed by atoms with E-state index in [2.05, 4.69) is 5.32 Å². The lowest BCUT2D eigenvalue weighted by atomic mass is 10.2. The normalized spacial score (nSPS) is 10.7. The molecule has 0 fully saturated rings. The number of nitrogens with one attached hydrogen (secondary N) is 2. The van der Waals surface area contributed by atoms with Crippen molar-refractivity contribution in [1.82, 2.24) is 5.32 Å². The maximum Gasteiger partial charge on any atom is 0.244 e. The second-order valence-electron chi connectivity index (χ2n) is 3.48. The van der Waals surface area contributed by atoms with E-state index < -0.39 is 0 Å². The number of rotatable bonds is 6. The number of methoxy groups -OCH3 is 1. The largest absolute Gasteiger partial charge is 0.497 e. The third-order valence-corrected chi connectivity index (χ3v) is 2.19. The lowest BCUT2D eigenvalue weighted by molar-refractivity contribution is -0.116. The van der Waals surface area contributed by atoms with Gasteiger partial charge in [0, 0.05) is 18.8 Å². The highest BCUT2D eigenvalue weighted by Crippen LogP contribution is 2.10. The summed E-state index contributed by atoms with van der Waals surface area (Å²) in [6.45, 7) is 0.474. The van der Waals surface area contributed by atoms with Gasteiger partial charge in [0.2, 0.25) is 5.91 Å². The summed E-state index contributed by atoms with van der Waals surface area (Å²) in [5.41, 5.74) is 1.01. The Bertz CT molecular complexity index is 447. The fourth-order valence-electron chi connectivity index (χ4n) is 1.25. The molecule has 4 heteroatoms. The van der Waals surface area contributed by atoms with Crippen molar-refractivity contribution in [3.63, 3.8) is 0 Å². The van der Waals surface area contributed by atoms with Crippen molar-refractivity contribution in [3.05, 3.63) is 54.1 Å². The van der Waals surface area contributed by atoms with Gasteiger partial charge in [0.15, 0.2) is 0 Å². The molecular weight excluding hydrogens is 228 g/mol. The van der Waals surface area contributed by atoms with E-state index in [0.29, 0.717) is 6.54 Å². The Morgan fingerprint density at radius 2 is 2.00 bits per heavy atom. The fraction of sp³-hybridized carbons (Fsp3) is 0.143. The van der Waals surface area contributed by atoms with Crippen LogP contribution in [0.2, 0.25) is 0 Å². The van der Waals surface area contributed by atoms with Crippen molar-refractivity contribution in [2.75, 3.05) is 7.11 Å². The molecular formula is C14H16N2O2. The van der Waals surface area contributed by atoms with Crippen molar-refractivity contribution in [2.24, 2.45) is 0 Å². The number of allylic oxidation sites excluding steroid dienone is 3. The van der Waals surface area contributed by atoms with E-state index in [0.717, 1.165) is 17.5 Å². The van der Waals surface area contributed by atoms with Gasteiger partial charge in [-0.3, -0.25) is 4.79 Å². The van der Waals surface area contributed by atoms with Crippen molar-refractivity contribution in [1.29, 1.82) is 5.41 Å². The molecule has 0 saturated carbocycles. The molecule has 0 radical (unpaired) electrons. The van der Waals surface area contributed by atoms with E-state index in [1.165, 1.54) is 12.2 Å². The minimum Gasteiger partial charge on any atom is -0.497 e. The van der Waals surface area contributed by atoms with E-state index in [-0.39, 0.29) is 5.91 Å². The Morgan fingerprint density at radius 1 is 1.28 bits per heavy atom. The molecule has 0 aromatic heterocycles. The zero-order valence-corrected chi connectivity index (χ0v) is 10.2. The molecule has 94 valence electrons. The van der Waals surface area contributed by atoms with E-state index >= 15 is 0 Å². The quantitative estimate of drug-likeness (QED) is 0.457. The van der Waals surface area contributed by atoms with Crippen molar-refractivity contribution in [3.8, 4) is 5.75 Å². The van der Waals surface area contributed by atoms with Gasteiger partial charge < -0.3 is 15.5 Å². The van der Waals surface area contributed by atoms with E-state index in [4.69, 9.17) is 10.1 Å². The van der Waals surface area contributed by atoms with Crippen LogP contribution in [0, 0.1) is 5.41 Å². The summed E-state index contributed by atoms with van der Waals surface area (Å²) in [6, 6.07) is 7.50. The Labute approximate surface area is 106 Å². The van der Waals surface area contributed by atoms with Crippen LogP contribution in [0.3, 0.4) is 0 Å². The summed E-state index contributed by atoms with van der Waals surface area (Å²) >= 11 is 0. The van der Waals surface area contributed by atoms with Gasteiger partial charge in [0.1, 0.15) is 5.75 Å².